The van der Waals surface area contributed by atoms with Crippen LogP contribution in [0.25, 0.3) is 0 Å². The fourth-order valence-corrected chi connectivity index (χ4v) is 2.01. The molecule has 1 N–H and O–H groups in total. The summed E-state index contributed by atoms with van der Waals surface area (Å²) in [5.41, 5.74) is 2.30. The highest BCUT2D eigenvalue weighted by atomic mass is 35.5. The molecule has 1 aromatic carbocycles. The molecule has 0 aromatic heterocycles. The lowest BCUT2D eigenvalue weighted by atomic mass is 10.00. The van der Waals surface area contributed by atoms with Crippen molar-refractivity contribution >= 4 is 17.6 Å². The van der Waals surface area contributed by atoms with Crippen LogP contribution in [0.2, 0.25) is 0 Å². The van der Waals surface area contributed by atoms with Gasteiger partial charge in [-0.3, -0.25) is 4.79 Å². The van der Waals surface area contributed by atoms with Crippen molar-refractivity contribution < 1.29 is 9.90 Å². The van der Waals surface area contributed by atoms with Gasteiger partial charge in [-0.1, -0.05) is 38.1 Å². The number of alkyl halides is 1. The first kappa shape index (κ1) is 14.0. The highest BCUT2D eigenvalue weighted by Crippen LogP contribution is 2.26. The van der Waals surface area contributed by atoms with Crippen molar-refractivity contribution in [2.45, 2.75) is 38.5 Å². The molecule has 1 aromatic rings. The van der Waals surface area contributed by atoms with Gasteiger partial charge in [0.1, 0.15) is 0 Å². The van der Waals surface area contributed by atoms with Crippen LogP contribution in [-0.2, 0) is 11.2 Å². The molecule has 3 heteroatoms. The molecule has 94 valence electrons. The van der Waals surface area contributed by atoms with Crippen molar-refractivity contribution in [2.24, 2.45) is 5.92 Å². The van der Waals surface area contributed by atoms with Crippen LogP contribution in [0, 0.1) is 5.92 Å². The number of rotatable bonds is 6. The minimum Gasteiger partial charge on any atom is -0.481 e. The molecule has 0 bridgehead atoms. The lowest BCUT2D eigenvalue weighted by Crippen LogP contribution is -1.99. The first-order valence-electron chi connectivity index (χ1n) is 5.93. The number of carboxylic acids is 1. The average Bonchev–Trinajstić information content (AvgIpc) is 2.26. The molecule has 17 heavy (non-hydrogen) atoms. The summed E-state index contributed by atoms with van der Waals surface area (Å²) in [5, 5.41) is 8.38. The summed E-state index contributed by atoms with van der Waals surface area (Å²) in [7, 11) is 0. The average molecular weight is 255 g/mol. The fourth-order valence-electron chi connectivity index (χ4n) is 1.75. The zero-order valence-electron chi connectivity index (χ0n) is 10.3. The summed E-state index contributed by atoms with van der Waals surface area (Å²) in [6, 6.07) is 8.14. The molecule has 0 aliphatic rings. The molecule has 0 radical (unpaired) electrons. The van der Waals surface area contributed by atoms with E-state index in [1.165, 1.54) is 5.56 Å². The number of hydrogen-bond donors (Lipinski definition) is 1. The van der Waals surface area contributed by atoms with Gasteiger partial charge in [0.05, 0.1) is 5.38 Å². The minimum atomic E-state index is -0.799. The van der Waals surface area contributed by atoms with Crippen LogP contribution in [-0.4, -0.2) is 11.1 Å². The first-order chi connectivity index (χ1) is 7.99. The van der Waals surface area contributed by atoms with Crippen LogP contribution in [0.4, 0.5) is 0 Å². The van der Waals surface area contributed by atoms with E-state index in [4.69, 9.17) is 16.7 Å². The third-order valence-electron chi connectivity index (χ3n) is 2.60. The summed E-state index contributed by atoms with van der Waals surface area (Å²) in [6.45, 7) is 4.37. The maximum atomic E-state index is 10.5. The first-order valence-corrected chi connectivity index (χ1v) is 6.37. The summed E-state index contributed by atoms with van der Waals surface area (Å²) in [4.78, 5) is 10.5. The predicted molar refractivity (Wildman–Crippen MR) is 70.4 cm³/mol. The van der Waals surface area contributed by atoms with Crippen LogP contribution in [0.3, 0.4) is 0 Å². The quantitative estimate of drug-likeness (QED) is 0.779. The van der Waals surface area contributed by atoms with E-state index >= 15 is 0 Å². The Hall–Kier alpha value is -1.02. The third-order valence-corrected chi connectivity index (χ3v) is 3.07. The van der Waals surface area contributed by atoms with E-state index in [0.29, 0.717) is 12.3 Å². The van der Waals surface area contributed by atoms with Gasteiger partial charge in [-0.2, -0.15) is 0 Å². The van der Waals surface area contributed by atoms with Crippen LogP contribution in [0.5, 0.6) is 0 Å². The van der Waals surface area contributed by atoms with Gasteiger partial charge < -0.3 is 5.11 Å². The molecular formula is C14H19ClO2. The zero-order chi connectivity index (χ0) is 12.8. The second-order valence-electron chi connectivity index (χ2n) is 4.74. The van der Waals surface area contributed by atoms with Gasteiger partial charge in [0.15, 0.2) is 0 Å². The van der Waals surface area contributed by atoms with Gasteiger partial charge in [0.25, 0.3) is 0 Å². The molecule has 0 saturated carbocycles. The summed E-state index contributed by atoms with van der Waals surface area (Å²) in [6.07, 6.45) is 1.64. The number of hydrogen-bond acceptors (Lipinski definition) is 1. The molecular weight excluding hydrogens is 236 g/mol. The molecule has 0 fully saturated rings. The Morgan fingerprint density at radius 2 is 1.88 bits per heavy atom. The summed E-state index contributed by atoms with van der Waals surface area (Å²) in [5.74, 6) is -0.160. The van der Waals surface area contributed by atoms with Gasteiger partial charge in [-0.25, -0.2) is 0 Å². The molecule has 1 rings (SSSR count). The minimum absolute atomic E-state index is 0.113. The monoisotopic (exact) mass is 254 g/mol. The van der Waals surface area contributed by atoms with Gasteiger partial charge in [-0.15, -0.1) is 11.6 Å². The molecule has 1 unspecified atom stereocenters. The SMILES string of the molecule is CC(C)Cc1ccc(C(Cl)CCC(=O)O)cc1. The van der Waals surface area contributed by atoms with Crippen molar-refractivity contribution in [3.05, 3.63) is 35.4 Å². The smallest absolute Gasteiger partial charge is 0.303 e. The lowest BCUT2D eigenvalue weighted by molar-refractivity contribution is -0.137. The van der Waals surface area contributed by atoms with Crippen molar-refractivity contribution in [1.29, 1.82) is 0 Å². The largest absolute Gasteiger partial charge is 0.481 e. The molecule has 0 aliphatic carbocycles. The summed E-state index contributed by atoms with van der Waals surface area (Å²) >= 11 is 6.15. The number of benzene rings is 1. The van der Waals surface area contributed by atoms with E-state index in [0.717, 1.165) is 12.0 Å². The van der Waals surface area contributed by atoms with Crippen LogP contribution in [0.1, 0.15) is 43.2 Å². The van der Waals surface area contributed by atoms with Crippen LogP contribution in [0.15, 0.2) is 24.3 Å². The van der Waals surface area contributed by atoms with E-state index in [2.05, 4.69) is 26.0 Å². The number of aliphatic carboxylic acids is 1. The molecule has 0 spiro atoms. The predicted octanol–water partition coefficient (Wildman–Crippen LogP) is 4.03. The van der Waals surface area contributed by atoms with Crippen molar-refractivity contribution in [2.75, 3.05) is 0 Å². The van der Waals surface area contributed by atoms with E-state index in [1.807, 2.05) is 12.1 Å². The van der Waals surface area contributed by atoms with Crippen LogP contribution < -0.4 is 0 Å². The number of carbonyl (C=O) groups is 1. The van der Waals surface area contributed by atoms with Gasteiger partial charge >= 0.3 is 5.97 Å². The van der Waals surface area contributed by atoms with E-state index in [1.54, 1.807) is 0 Å². The third kappa shape index (κ3) is 5.22. The topological polar surface area (TPSA) is 37.3 Å². The van der Waals surface area contributed by atoms with Crippen LogP contribution >= 0.6 is 11.6 Å². The van der Waals surface area contributed by atoms with Gasteiger partial charge in [0, 0.05) is 6.42 Å². The second kappa shape index (κ2) is 6.65. The molecule has 0 heterocycles. The Labute approximate surface area is 108 Å². The Kier molecular flexibility index (Phi) is 5.49. The van der Waals surface area contributed by atoms with E-state index in [9.17, 15) is 4.79 Å². The molecule has 2 nitrogen and oxygen atoms in total. The molecule has 0 amide bonds. The Balaban J connectivity index is 2.57. The maximum Gasteiger partial charge on any atom is 0.303 e. The van der Waals surface area contributed by atoms with Crippen molar-refractivity contribution in [3.8, 4) is 0 Å². The number of carboxylic acid groups (broad SMARTS) is 1. The second-order valence-corrected chi connectivity index (χ2v) is 5.27. The highest BCUT2D eigenvalue weighted by Gasteiger charge is 2.10. The van der Waals surface area contributed by atoms with Gasteiger partial charge in [-0.05, 0) is 29.9 Å². The summed E-state index contributed by atoms with van der Waals surface area (Å²) < 4.78 is 0. The number of halogens is 1. The fraction of sp³-hybridized carbons (Fsp3) is 0.500. The Bertz CT molecular complexity index is 357. The van der Waals surface area contributed by atoms with Crippen molar-refractivity contribution in [1.82, 2.24) is 0 Å². The Morgan fingerprint density at radius 3 is 2.35 bits per heavy atom. The Morgan fingerprint density at radius 1 is 1.29 bits per heavy atom. The van der Waals surface area contributed by atoms with E-state index < -0.39 is 5.97 Å². The molecule has 0 aliphatic heterocycles. The maximum absolute atomic E-state index is 10.5. The van der Waals surface area contributed by atoms with Gasteiger partial charge in [0.2, 0.25) is 0 Å². The zero-order valence-corrected chi connectivity index (χ0v) is 11.1. The van der Waals surface area contributed by atoms with Crippen molar-refractivity contribution in [3.63, 3.8) is 0 Å². The van der Waals surface area contributed by atoms with E-state index in [-0.39, 0.29) is 11.8 Å². The highest BCUT2D eigenvalue weighted by molar-refractivity contribution is 6.20. The molecule has 1 atom stereocenters. The standard InChI is InChI=1S/C14H19ClO2/c1-10(2)9-11-3-5-12(6-4-11)13(15)7-8-14(16)17/h3-6,10,13H,7-9H2,1-2H3,(H,16,17). The lowest BCUT2D eigenvalue weighted by Gasteiger charge is -2.10. The normalized spacial score (nSPS) is 12.7. The molecule has 0 saturated heterocycles.